The van der Waals surface area contributed by atoms with E-state index in [0.717, 1.165) is 10.7 Å². The van der Waals surface area contributed by atoms with E-state index in [1.54, 1.807) is 18.2 Å². The number of benzene rings is 2. The van der Waals surface area contributed by atoms with Crippen LogP contribution in [-0.2, 0) is 0 Å². The second-order valence-electron chi connectivity index (χ2n) is 4.62. The monoisotopic (exact) mass is 326 g/mol. The zero-order valence-corrected chi connectivity index (χ0v) is 11.2. The van der Waals surface area contributed by atoms with Crippen molar-refractivity contribution in [3.63, 3.8) is 0 Å². The summed E-state index contributed by atoms with van der Waals surface area (Å²) in [7, 11) is 0. The molecule has 0 aliphatic carbocycles. The summed E-state index contributed by atoms with van der Waals surface area (Å²) in [6, 6.07) is 8.72. The van der Waals surface area contributed by atoms with Gasteiger partial charge in [-0.05, 0) is 12.1 Å². The third-order valence-corrected chi connectivity index (χ3v) is 3.21. The van der Waals surface area contributed by atoms with Gasteiger partial charge in [0.1, 0.15) is 0 Å². The van der Waals surface area contributed by atoms with E-state index in [1.165, 1.54) is 12.1 Å². The van der Waals surface area contributed by atoms with Gasteiger partial charge in [0.2, 0.25) is 5.82 Å². The van der Waals surface area contributed by atoms with Gasteiger partial charge >= 0.3 is 0 Å². The first kappa shape index (κ1) is 15.0. The lowest BCUT2D eigenvalue weighted by molar-refractivity contribution is 0.381. The van der Waals surface area contributed by atoms with Crippen molar-refractivity contribution in [2.75, 3.05) is 0 Å². The number of halogens is 5. The van der Waals surface area contributed by atoms with E-state index in [1.807, 2.05) is 0 Å². The van der Waals surface area contributed by atoms with Crippen molar-refractivity contribution >= 4 is 0 Å². The average Bonchev–Trinajstić information content (AvgIpc) is 2.93. The normalized spacial score (nSPS) is 11.0. The van der Waals surface area contributed by atoms with Crippen LogP contribution in [0.25, 0.3) is 16.9 Å². The molecule has 2 aromatic carbocycles. The SMILES string of the molecule is O=c1cc(-c2c(F)c(F)c(F)c(F)c2F)[nH]n1-c1ccccc1. The minimum Gasteiger partial charge on any atom is -0.290 e. The van der Waals surface area contributed by atoms with Crippen LogP contribution in [0.5, 0.6) is 0 Å². The third kappa shape index (κ3) is 2.32. The van der Waals surface area contributed by atoms with Gasteiger partial charge in [-0.25, -0.2) is 26.6 Å². The molecule has 3 aromatic rings. The summed E-state index contributed by atoms with van der Waals surface area (Å²) in [5, 5.41) is 2.34. The van der Waals surface area contributed by atoms with Gasteiger partial charge in [0, 0.05) is 6.07 Å². The number of hydrogen-bond donors (Lipinski definition) is 1. The number of rotatable bonds is 2. The van der Waals surface area contributed by atoms with Gasteiger partial charge in [-0.3, -0.25) is 9.89 Å². The number of nitrogens with zero attached hydrogens (tertiary/aromatic N) is 1. The maximum absolute atomic E-state index is 13.8. The highest BCUT2D eigenvalue weighted by Crippen LogP contribution is 2.30. The van der Waals surface area contributed by atoms with Gasteiger partial charge in [-0.1, -0.05) is 18.2 Å². The second kappa shape index (κ2) is 5.38. The van der Waals surface area contributed by atoms with Crippen molar-refractivity contribution < 1.29 is 22.0 Å². The Morgan fingerprint density at radius 2 is 1.30 bits per heavy atom. The largest absolute Gasteiger partial charge is 0.290 e. The van der Waals surface area contributed by atoms with Crippen LogP contribution in [0.15, 0.2) is 41.2 Å². The van der Waals surface area contributed by atoms with Gasteiger partial charge < -0.3 is 0 Å². The summed E-state index contributed by atoms with van der Waals surface area (Å²) in [6.45, 7) is 0. The Morgan fingerprint density at radius 1 is 0.783 bits per heavy atom. The van der Waals surface area contributed by atoms with E-state index in [4.69, 9.17) is 0 Å². The van der Waals surface area contributed by atoms with Crippen molar-refractivity contribution in [1.82, 2.24) is 9.78 Å². The van der Waals surface area contributed by atoms with Crippen LogP contribution in [-0.4, -0.2) is 9.78 Å². The number of nitrogens with one attached hydrogen (secondary N) is 1. The van der Waals surface area contributed by atoms with Crippen molar-refractivity contribution in [2.45, 2.75) is 0 Å². The van der Waals surface area contributed by atoms with Gasteiger partial charge in [0.05, 0.1) is 16.9 Å². The molecule has 0 aliphatic heterocycles. The standard InChI is InChI=1S/C15H7F5N2O/c16-11-10(12(17)14(19)15(20)13(11)18)8-6-9(23)22(21-8)7-4-2-1-3-5-7/h1-6,21H. The van der Waals surface area contributed by atoms with E-state index in [-0.39, 0.29) is 0 Å². The lowest BCUT2D eigenvalue weighted by Crippen LogP contribution is -2.13. The quantitative estimate of drug-likeness (QED) is 0.437. The van der Waals surface area contributed by atoms with Crippen LogP contribution in [0.2, 0.25) is 0 Å². The third-order valence-electron chi connectivity index (χ3n) is 3.21. The minimum absolute atomic E-state index is 0.340. The lowest BCUT2D eigenvalue weighted by Gasteiger charge is -2.07. The van der Waals surface area contributed by atoms with Crippen LogP contribution in [0.3, 0.4) is 0 Å². The Bertz CT molecular complexity index is 917. The number of aromatic nitrogens is 2. The fraction of sp³-hybridized carbons (Fsp3) is 0. The Labute approximate surface area is 125 Å². The Balaban J connectivity index is 2.25. The summed E-state index contributed by atoms with van der Waals surface area (Å²) in [5.41, 5.74) is -2.08. The van der Waals surface area contributed by atoms with Crippen molar-refractivity contribution in [1.29, 1.82) is 0 Å². The molecule has 118 valence electrons. The maximum Gasteiger partial charge on any atom is 0.271 e. The predicted octanol–water partition coefficient (Wildman–Crippen LogP) is 3.53. The maximum atomic E-state index is 13.8. The summed E-state index contributed by atoms with van der Waals surface area (Å²) in [5.74, 6) is -10.4. The fourth-order valence-corrected chi connectivity index (χ4v) is 2.13. The lowest BCUT2D eigenvalue weighted by atomic mass is 10.1. The first-order valence-electron chi connectivity index (χ1n) is 6.31. The Morgan fingerprint density at radius 3 is 1.87 bits per heavy atom. The zero-order chi connectivity index (χ0) is 16.7. The van der Waals surface area contributed by atoms with Gasteiger partial charge in [-0.2, -0.15) is 0 Å². The minimum atomic E-state index is -2.26. The highest BCUT2D eigenvalue weighted by molar-refractivity contribution is 5.61. The molecule has 0 amide bonds. The first-order valence-corrected chi connectivity index (χ1v) is 6.31. The van der Waals surface area contributed by atoms with Crippen LogP contribution < -0.4 is 5.56 Å². The molecule has 0 spiro atoms. The number of aromatic amines is 1. The van der Waals surface area contributed by atoms with Crippen molar-refractivity contribution in [3.8, 4) is 16.9 Å². The Kier molecular flexibility index (Phi) is 3.51. The molecular weight excluding hydrogens is 319 g/mol. The predicted molar refractivity (Wildman–Crippen MR) is 71.6 cm³/mol. The van der Waals surface area contributed by atoms with Crippen LogP contribution in [0, 0.1) is 29.1 Å². The molecule has 23 heavy (non-hydrogen) atoms. The summed E-state index contributed by atoms with van der Waals surface area (Å²) >= 11 is 0. The molecule has 0 saturated carbocycles. The smallest absolute Gasteiger partial charge is 0.271 e. The van der Waals surface area contributed by atoms with Crippen LogP contribution in [0.4, 0.5) is 22.0 Å². The highest BCUT2D eigenvalue weighted by Gasteiger charge is 2.27. The zero-order valence-electron chi connectivity index (χ0n) is 11.2. The summed E-state index contributed by atoms with van der Waals surface area (Å²) < 4.78 is 68.1. The molecule has 8 heteroatoms. The molecule has 1 aromatic heterocycles. The molecule has 0 atom stereocenters. The molecule has 0 radical (unpaired) electrons. The molecule has 3 nitrogen and oxygen atoms in total. The van der Waals surface area contributed by atoms with Crippen LogP contribution >= 0.6 is 0 Å². The Hall–Kier alpha value is -2.90. The highest BCUT2D eigenvalue weighted by atomic mass is 19.2. The molecule has 0 saturated heterocycles. The summed E-state index contributed by atoms with van der Waals surface area (Å²) in [6.07, 6.45) is 0. The van der Waals surface area contributed by atoms with E-state index < -0.39 is 45.9 Å². The molecule has 0 fully saturated rings. The molecule has 0 unspecified atom stereocenters. The number of para-hydroxylation sites is 1. The van der Waals surface area contributed by atoms with Crippen molar-refractivity contribution in [3.05, 3.63) is 75.8 Å². The van der Waals surface area contributed by atoms with E-state index >= 15 is 0 Å². The topological polar surface area (TPSA) is 37.8 Å². The molecule has 0 aliphatic rings. The van der Waals surface area contributed by atoms with Gasteiger partial charge in [0.15, 0.2) is 23.3 Å². The molecule has 0 bridgehead atoms. The molecule has 1 heterocycles. The number of hydrogen-bond acceptors (Lipinski definition) is 1. The van der Waals surface area contributed by atoms with E-state index in [2.05, 4.69) is 5.10 Å². The average molecular weight is 326 g/mol. The van der Waals surface area contributed by atoms with Crippen molar-refractivity contribution in [2.24, 2.45) is 0 Å². The molecule has 1 N–H and O–H groups in total. The fourth-order valence-electron chi connectivity index (χ4n) is 2.13. The molecular formula is C15H7F5N2O. The van der Waals surface area contributed by atoms with Gasteiger partial charge in [-0.15, -0.1) is 0 Å². The van der Waals surface area contributed by atoms with E-state index in [9.17, 15) is 26.7 Å². The van der Waals surface area contributed by atoms with Gasteiger partial charge in [0.25, 0.3) is 5.56 Å². The van der Waals surface area contributed by atoms with E-state index in [0.29, 0.717) is 5.69 Å². The second-order valence-corrected chi connectivity index (χ2v) is 4.62. The molecule has 3 rings (SSSR count). The number of H-pyrrole nitrogens is 1. The summed E-state index contributed by atoms with van der Waals surface area (Å²) in [4.78, 5) is 11.9. The first-order chi connectivity index (χ1) is 10.9. The van der Waals surface area contributed by atoms with Crippen LogP contribution in [0.1, 0.15) is 0 Å².